The third-order valence-electron chi connectivity index (χ3n) is 20.8. The molecule has 0 aromatic heterocycles. The second-order valence-corrected chi connectivity index (χ2v) is 30.3. The molecule has 47 nitrogen and oxygen atoms in total. The molecule has 0 saturated carbocycles. The molecule has 4 amide bonds. The van der Waals surface area contributed by atoms with Gasteiger partial charge in [0.25, 0.3) is 44.9 Å². The molecular formula is C79H123N15O32. The topological polar surface area (TPSA) is 631 Å². The smallest absolute Gasteiger partial charge is 0.407 e. The van der Waals surface area contributed by atoms with E-state index in [0.717, 1.165) is 103 Å². The van der Waals surface area contributed by atoms with Crippen LogP contribution in [0, 0.1) is 20.2 Å². The van der Waals surface area contributed by atoms with Crippen molar-refractivity contribution in [3.05, 3.63) is 109 Å². The number of alkyl carbamates (subject to hydrolysis) is 2. The van der Waals surface area contributed by atoms with E-state index in [9.17, 15) is 99.4 Å². The maximum atomic E-state index is 13.1. The number of aliphatic hydroxyl groups is 8. The summed E-state index contributed by atoms with van der Waals surface area (Å²) in [6, 6.07) is 5.86. The predicted molar refractivity (Wildman–Crippen MR) is 451 cm³/mol. The van der Waals surface area contributed by atoms with Crippen LogP contribution in [0.15, 0.2) is 55.6 Å². The van der Waals surface area contributed by atoms with Gasteiger partial charge in [0.15, 0.2) is 0 Å². The summed E-state index contributed by atoms with van der Waals surface area (Å²) in [6.07, 6.45) is -12.5. The highest BCUT2D eigenvalue weighted by molar-refractivity contribution is 5.96. The van der Waals surface area contributed by atoms with Gasteiger partial charge < -0.3 is 166 Å². The molecule has 0 spiro atoms. The van der Waals surface area contributed by atoms with Gasteiger partial charge in [-0.2, -0.15) is 0 Å². The SMILES string of the molecule is NC(COC(=O)NCCCOCCOCCOCCCNc1c(NCCCN2CCN(CCCNC(=O)c3cc(O[C@H]4O[C@@H](CO)[C@@H](O)[C@@H](O)[C@H]4O)cc([N+](=O)[O-])c3)CC2)c(=O)c1=O)COC(=O)NCCCOCCOCCOCCCNc1c(NCCCN2CCN(CCCNC(=O)c3cc(O[C@H]4O[C@@H](CO)[C@@H](O)[C@@H](O)[C@H]4O)cc([N+](=O)[O-])c3)CC2)c(=O)c1=O. The average molecular weight is 1790 g/mol. The zero-order chi connectivity index (χ0) is 90.7. The van der Waals surface area contributed by atoms with E-state index < -0.39 is 148 Å². The van der Waals surface area contributed by atoms with Crippen LogP contribution in [0.1, 0.15) is 72.1 Å². The summed E-state index contributed by atoms with van der Waals surface area (Å²) in [5.74, 6) is -1.63. The zero-order valence-electron chi connectivity index (χ0n) is 70.6. The number of hydrogen-bond acceptors (Lipinski definition) is 41. The van der Waals surface area contributed by atoms with E-state index in [-0.39, 0.29) is 84.8 Å². The van der Waals surface area contributed by atoms with Crippen molar-refractivity contribution >= 4 is 58.1 Å². The van der Waals surface area contributed by atoms with Gasteiger partial charge in [0, 0.05) is 154 Å². The number of anilines is 4. The van der Waals surface area contributed by atoms with E-state index >= 15 is 0 Å². The highest BCUT2D eigenvalue weighted by atomic mass is 16.7. The van der Waals surface area contributed by atoms with Gasteiger partial charge in [-0.1, -0.05) is 0 Å². The number of piperazine rings is 2. The Morgan fingerprint density at radius 3 is 0.976 bits per heavy atom. The van der Waals surface area contributed by atoms with E-state index in [4.69, 9.17) is 62.6 Å². The number of amides is 4. The number of nitro benzene ring substituents is 2. The fourth-order valence-electron chi connectivity index (χ4n) is 13.7. The third kappa shape index (κ3) is 34.1. The highest BCUT2D eigenvalue weighted by Gasteiger charge is 2.46. The van der Waals surface area contributed by atoms with Crippen LogP contribution < -0.4 is 79.5 Å². The van der Waals surface area contributed by atoms with Crippen LogP contribution in [0.2, 0.25) is 0 Å². The molecule has 4 aromatic carbocycles. The van der Waals surface area contributed by atoms with Gasteiger partial charge in [0.05, 0.1) is 94.1 Å². The van der Waals surface area contributed by atoms with Crippen LogP contribution in [0.25, 0.3) is 0 Å². The number of hydrogen-bond donors (Lipinski definition) is 17. The van der Waals surface area contributed by atoms with Gasteiger partial charge in [-0.3, -0.25) is 49.0 Å². The van der Waals surface area contributed by atoms with Crippen molar-refractivity contribution in [3.8, 4) is 11.5 Å². The normalized spacial score (nSPS) is 20.8. The molecule has 8 rings (SSSR count). The molecule has 0 bridgehead atoms. The Hall–Kier alpha value is -9.16. The van der Waals surface area contributed by atoms with Crippen molar-refractivity contribution in [2.24, 2.45) is 5.73 Å². The summed E-state index contributed by atoms with van der Waals surface area (Å²) in [5.41, 5.74) is 3.67. The fourth-order valence-corrected chi connectivity index (χ4v) is 13.7. The second-order valence-electron chi connectivity index (χ2n) is 30.3. The summed E-state index contributed by atoms with van der Waals surface area (Å²) < 4.78 is 65.4. The van der Waals surface area contributed by atoms with Crippen LogP contribution in [-0.2, 0) is 47.4 Å². The number of rotatable bonds is 62. The first-order chi connectivity index (χ1) is 60.8. The molecule has 706 valence electrons. The molecule has 4 heterocycles. The molecule has 4 aliphatic rings. The Morgan fingerprint density at radius 1 is 0.397 bits per heavy atom. The van der Waals surface area contributed by atoms with Gasteiger partial charge in [-0.25, -0.2) is 9.59 Å². The molecule has 0 aliphatic carbocycles. The largest absolute Gasteiger partial charge is 0.462 e. The fraction of sp³-hybridized carbons (Fsp3) is 0.696. The van der Waals surface area contributed by atoms with Crippen LogP contribution in [0.5, 0.6) is 11.5 Å². The minimum absolute atomic E-state index is 0.0889. The summed E-state index contributed by atoms with van der Waals surface area (Å²) in [4.78, 5) is 131. The molecule has 4 aromatic rings. The van der Waals surface area contributed by atoms with Crippen molar-refractivity contribution in [2.45, 2.75) is 119 Å². The van der Waals surface area contributed by atoms with Gasteiger partial charge in [0.2, 0.25) is 12.6 Å². The van der Waals surface area contributed by atoms with E-state index in [0.29, 0.717) is 157 Å². The summed E-state index contributed by atoms with van der Waals surface area (Å²) in [6.45, 7) is 14.7. The van der Waals surface area contributed by atoms with Crippen molar-refractivity contribution in [1.29, 1.82) is 0 Å². The second kappa shape index (κ2) is 55.5. The molecule has 4 aliphatic heterocycles. The lowest BCUT2D eigenvalue weighted by Crippen LogP contribution is -2.60. The Labute approximate surface area is 725 Å². The van der Waals surface area contributed by atoms with Crippen molar-refractivity contribution < 1.29 is 127 Å². The number of aliphatic hydroxyl groups excluding tert-OH is 8. The Bertz CT molecular complexity index is 3850. The number of nitrogens with zero attached hydrogens (tertiary/aromatic N) is 6. The Kier molecular flexibility index (Phi) is 45.1. The average Bonchev–Trinajstić information content (AvgIpc) is 1.28. The lowest BCUT2D eigenvalue weighted by Gasteiger charge is -2.39. The van der Waals surface area contributed by atoms with Crippen molar-refractivity contribution in [3.63, 3.8) is 0 Å². The minimum atomic E-state index is -1.76. The molecular weight excluding hydrogens is 1670 g/mol. The van der Waals surface area contributed by atoms with Gasteiger partial charge in [-0.05, 0) is 89.7 Å². The molecule has 18 N–H and O–H groups in total. The number of nitro groups is 2. The first-order valence-electron chi connectivity index (χ1n) is 42.5. The van der Waals surface area contributed by atoms with Crippen molar-refractivity contribution in [1.82, 2.24) is 40.9 Å². The quantitative estimate of drug-likeness (QED) is 0.00857. The minimum Gasteiger partial charge on any atom is -0.462 e. The number of nitrogens with one attached hydrogen (secondary N) is 8. The Morgan fingerprint density at radius 2 is 0.675 bits per heavy atom. The number of carbonyl (C=O) groups is 4. The first kappa shape index (κ1) is 102. The Balaban J connectivity index is 0.515. The summed E-state index contributed by atoms with van der Waals surface area (Å²) in [7, 11) is 0. The number of ether oxygens (including phenoxy) is 12. The maximum absolute atomic E-state index is 13.1. The molecule has 0 radical (unpaired) electrons. The summed E-state index contributed by atoms with van der Waals surface area (Å²) in [5, 5.41) is 126. The number of benzene rings is 2. The van der Waals surface area contributed by atoms with Gasteiger partial charge in [0.1, 0.15) is 96.3 Å². The number of carbonyl (C=O) groups excluding carboxylic acids is 4. The third-order valence-corrected chi connectivity index (χ3v) is 20.8. The highest BCUT2D eigenvalue weighted by Crippen LogP contribution is 2.31. The van der Waals surface area contributed by atoms with Crippen LogP contribution >= 0.6 is 0 Å². The monoisotopic (exact) mass is 1790 g/mol. The molecule has 47 heteroatoms. The molecule has 4 saturated heterocycles. The van der Waals surface area contributed by atoms with E-state index in [1.165, 1.54) is 12.1 Å². The predicted octanol–water partition coefficient (Wildman–Crippen LogP) is -4.50. The van der Waals surface area contributed by atoms with E-state index in [2.05, 4.69) is 62.1 Å². The van der Waals surface area contributed by atoms with Crippen LogP contribution in [0.4, 0.5) is 43.7 Å². The molecule has 126 heavy (non-hydrogen) atoms. The zero-order valence-corrected chi connectivity index (χ0v) is 70.6. The van der Waals surface area contributed by atoms with Gasteiger partial charge in [-0.15, -0.1) is 0 Å². The number of non-ortho nitro benzene ring substituents is 2. The molecule has 4 fully saturated rings. The van der Waals surface area contributed by atoms with Gasteiger partial charge >= 0.3 is 12.2 Å². The maximum Gasteiger partial charge on any atom is 0.407 e. The van der Waals surface area contributed by atoms with E-state index in [1.807, 2.05) is 0 Å². The number of nitrogens with two attached hydrogens (primary N) is 1. The lowest BCUT2D eigenvalue weighted by molar-refractivity contribution is -0.385. The first-order valence-corrected chi connectivity index (χ1v) is 42.5. The summed E-state index contributed by atoms with van der Waals surface area (Å²) >= 11 is 0. The molecule has 0 unspecified atom stereocenters. The molecule has 10 atom stereocenters. The van der Waals surface area contributed by atoms with Crippen molar-refractivity contribution in [2.75, 3.05) is 258 Å². The lowest BCUT2D eigenvalue weighted by atomic mass is 9.99. The van der Waals surface area contributed by atoms with Crippen LogP contribution in [0.3, 0.4) is 0 Å². The van der Waals surface area contributed by atoms with E-state index in [1.54, 1.807) is 0 Å². The standard InChI is InChI=1S/C79H123N15O32/c80-53(49-121-78(109)87-15-7-31-117-35-39-119-37-33-115-29-5-13-83-62-60(66(99)68(62)101)81-9-1-17-89-21-25-91(26-22-89)19-3-11-85-74(107)51-41-54(93(111)112)45-56(43-51)123-76-72(105)70(103)64(97)58(47-95)125-76)50-122-79(110)88-16-8-32-118-36-40-120-38-34-116-30-6-14-84-63-61(67(100)69(63)102)82-10-2-18-90-23-27-92(28-24-90)20-4-12-86-75(108)52-42-55(94(113)114)46-57(44-52)124-77-73(106)71(104)65(98)59(48-96)126-77/h41-46,53,58-59,64-65,70-73,76-77,81-84,95-98,103-106H,1-40,47-50,80H2,(H,85,107)(H,86,108)(H,87,109)(H,88,110)/t58-,59-,64+,65+,70+,71+,72+,73+,76-,77-/m0/s1. The van der Waals surface area contributed by atoms with Crippen LogP contribution in [-0.4, -0.2) is 398 Å².